The number of ketones is 1. The Hall–Kier alpha value is -1.97. The molecule has 0 heterocycles. The van der Waals surface area contributed by atoms with Crippen molar-refractivity contribution in [2.75, 3.05) is 0 Å². The zero-order valence-electron chi connectivity index (χ0n) is 10.2. The predicted octanol–water partition coefficient (Wildman–Crippen LogP) is 4.30. The van der Waals surface area contributed by atoms with Crippen LogP contribution in [-0.4, -0.2) is 16.0 Å². The molecular weight excluding hydrogens is 299 g/mol. The lowest BCUT2D eigenvalue weighted by atomic mass is 10.1. The molecule has 0 radical (unpaired) electrons. The van der Waals surface area contributed by atoms with Gasteiger partial charge in [0, 0.05) is 16.1 Å². The van der Waals surface area contributed by atoms with E-state index in [4.69, 9.17) is 23.2 Å². The Morgan fingerprint density at radius 3 is 2.45 bits per heavy atom. The molecule has 0 fully saturated rings. The van der Waals surface area contributed by atoms with Gasteiger partial charge in [-0.1, -0.05) is 29.3 Å². The van der Waals surface area contributed by atoms with E-state index >= 15 is 0 Å². The van der Waals surface area contributed by atoms with Gasteiger partial charge in [0.2, 0.25) is 0 Å². The first-order chi connectivity index (χ1) is 9.47. The maximum absolute atomic E-state index is 11.9. The van der Waals surface area contributed by atoms with Crippen LogP contribution in [0.2, 0.25) is 10.0 Å². The van der Waals surface area contributed by atoms with Gasteiger partial charge in [-0.25, -0.2) is 0 Å². The normalized spacial score (nSPS) is 10.9. The third kappa shape index (κ3) is 3.32. The van der Waals surface area contributed by atoms with Crippen molar-refractivity contribution in [3.63, 3.8) is 0 Å². The summed E-state index contributed by atoms with van der Waals surface area (Å²) in [6.45, 7) is 0. The molecule has 2 aromatic rings. The van der Waals surface area contributed by atoms with E-state index in [0.717, 1.165) is 6.07 Å². The highest BCUT2D eigenvalue weighted by atomic mass is 35.5. The summed E-state index contributed by atoms with van der Waals surface area (Å²) >= 11 is 11.8. The lowest BCUT2D eigenvalue weighted by Crippen LogP contribution is -1.94. The van der Waals surface area contributed by atoms with E-state index in [9.17, 15) is 15.0 Å². The quantitative estimate of drug-likeness (QED) is 0.656. The van der Waals surface area contributed by atoms with Crippen molar-refractivity contribution in [3.8, 4) is 11.5 Å². The molecule has 20 heavy (non-hydrogen) atoms. The second kappa shape index (κ2) is 5.99. The number of aromatic hydroxyl groups is 2. The Labute approximate surface area is 125 Å². The van der Waals surface area contributed by atoms with Crippen LogP contribution in [0.3, 0.4) is 0 Å². The molecule has 0 saturated heterocycles. The number of benzene rings is 2. The standard InChI is InChI=1S/C15H10Cl2O3/c16-10-3-1-9(13(17)7-10)2-6-14(19)12-5-4-11(18)8-15(12)20/h1-8,18,20H/b6-2+. The van der Waals surface area contributed by atoms with Crippen molar-refractivity contribution in [1.29, 1.82) is 0 Å². The van der Waals surface area contributed by atoms with Crippen LogP contribution in [-0.2, 0) is 0 Å². The van der Waals surface area contributed by atoms with E-state index in [1.165, 1.54) is 24.3 Å². The predicted molar refractivity (Wildman–Crippen MR) is 79.6 cm³/mol. The monoisotopic (exact) mass is 308 g/mol. The molecule has 0 aromatic heterocycles. The van der Waals surface area contributed by atoms with Crippen LogP contribution >= 0.6 is 23.2 Å². The average molecular weight is 309 g/mol. The molecule has 0 aliphatic heterocycles. The molecular formula is C15H10Cl2O3. The molecule has 102 valence electrons. The molecule has 0 unspecified atom stereocenters. The van der Waals surface area contributed by atoms with Gasteiger partial charge < -0.3 is 10.2 Å². The number of halogens is 2. The second-order valence-corrected chi connectivity index (χ2v) is 4.91. The summed E-state index contributed by atoms with van der Waals surface area (Å²) in [6.07, 6.45) is 2.83. The largest absolute Gasteiger partial charge is 0.508 e. The van der Waals surface area contributed by atoms with Gasteiger partial charge in [0.25, 0.3) is 0 Å². The van der Waals surface area contributed by atoms with Crippen molar-refractivity contribution >= 4 is 35.1 Å². The van der Waals surface area contributed by atoms with Crippen LogP contribution in [0.1, 0.15) is 15.9 Å². The van der Waals surface area contributed by atoms with Crippen molar-refractivity contribution in [3.05, 3.63) is 63.6 Å². The number of hydrogen-bond donors (Lipinski definition) is 2. The van der Waals surface area contributed by atoms with Gasteiger partial charge in [0.15, 0.2) is 5.78 Å². The Balaban J connectivity index is 2.24. The molecule has 0 saturated carbocycles. The van der Waals surface area contributed by atoms with Gasteiger partial charge in [0.1, 0.15) is 11.5 Å². The van der Waals surface area contributed by atoms with E-state index in [1.807, 2.05) is 0 Å². The maximum atomic E-state index is 11.9. The minimum atomic E-state index is -0.395. The first kappa shape index (κ1) is 14.4. The first-order valence-corrected chi connectivity index (χ1v) is 6.42. The summed E-state index contributed by atoms with van der Waals surface area (Å²) in [5, 5.41) is 19.7. The summed E-state index contributed by atoms with van der Waals surface area (Å²) < 4.78 is 0. The molecule has 0 atom stereocenters. The highest BCUT2D eigenvalue weighted by Gasteiger charge is 2.09. The Bertz CT molecular complexity index is 694. The molecule has 5 heteroatoms. The molecule has 0 aliphatic rings. The van der Waals surface area contributed by atoms with E-state index < -0.39 is 5.78 Å². The number of carbonyl (C=O) groups excluding carboxylic acids is 1. The molecule has 0 spiro atoms. The van der Waals surface area contributed by atoms with Crippen LogP contribution < -0.4 is 0 Å². The Morgan fingerprint density at radius 2 is 1.80 bits per heavy atom. The maximum Gasteiger partial charge on any atom is 0.189 e. The van der Waals surface area contributed by atoms with Crippen LogP contribution in [0.25, 0.3) is 6.08 Å². The van der Waals surface area contributed by atoms with Crippen molar-refractivity contribution in [1.82, 2.24) is 0 Å². The van der Waals surface area contributed by atoms with Gasteiger partial charge in [-0.3, -0.25) is 4.79 Å². The lowest BCUT2D eigenvalue weighted by molar-refractivity contribution is 0.104. The molecule has 2 rings (SSSR count). The van der Waals surface area contributed by atoms with Gasteiger partial charge in [0.05, 0.1) is 5.56 Å². The molecule has 0 amide bonds. The fraction of sp³-hybridized carbons (Fsp3) is 0. The SMILES string of the molecule is O=C(/C=C/c1ccc(Cl)cc1Cl)c1ccc(O)cc1O. The van der Waals surface area contributed by atoms with Crippen LogP contribution in [0.4, 0.5) is 0 Å². The van der Waals surface area contributed by atoms with E-state index in [2.05, 4.69) is 0 Å². The minimum absolute atomic E-state index is 0.101. The van der Waals surface area contributed by atoms with Crippen LogP contribution in [0.5, 0.6) is 11.5 Å². The zero-order chi connectivity index (χ0) is 14.7. The molecule has 0 bridgehead atoms. The van der Waals surface area contributed by atoms with E-state index in [1.54, 1.807) is 18.2 Å². The summed E-state index contributed by atoms with van der Waals surface area (Å²) in [6, 6.07) is 8.71. The summed E-state index contributed by atoms with van der Waals surface area (Å²) in [5.74, 6) is -0.779. The average Bonchev–Trinajstić information content (AvgIpc) is 2.37. The number of rotatable bonds is 3. The van der Waals surface area contributed by atoms with Crippen molar-refractivity contribution in [2.24, 2.45) is 0 Å². The van der Waals surface area contributed by atoms with Crippen LogP contribution in [0, 0.1) is 0 Å². The third-order valence-electron chi connectivity index (χ3n) is 2.62. The molecule has 2 aromatic carbocycles. The van der Waals surface area contributed by atoms with E-state index in [-0.39, 0.29) is 17.1 Å². The highest BCUT2D eigenvalue weighted by molar-refractivity contribution is 6.35. The summed E-state index contributed by atoms with van der Waals surface area (Å²) in [7, 11) is 0. The van der Waals surface area contributed by atoms with Gasteiger partial charge in [-0.2, -0.15) is 0 Å². The van der Waals surface area contributed by atoms with Gasteiger partial charge in [-0.05, 0) is 42.0 Å². The van der Waals surface area contributed by atoms with Crippen molar-refractivity contribution < 1.29 is 15.0 Å². The van der Waals surface area contributed by atoms with Gasteiger partial charge in [-0.15, -0.1) is 0 Å². The zero-order valence-corrected chi connectivity index (χ0v) is 11.7. The summed E-state index contributed by atoms with van der Waals surface area (Å²) in [5.41, 5.74) is 0.742. The molecule has 0 aliphatic carbocycles. The fourth-order valence-electron chi connectivity index (χ4n) is 1.62. The molecule has 3 nitrogen and oxygen atoms in total. The second-order valence-electron chi connectivity index (χ2n) is 4.06. The van der Waals surface area contributed by atoms with Crippen molar-refractivity contribution in [2.45, 2.75) is 0 Å². The smallest absolute Gasteiger partial charge is 0.189 e. The first-order valence-electron chi connectivity index (χ1n) is 5.67. The summed E-state index contributed by atoms with van der Waals surface area (Å²) in [4.78, 5) is 11.9. The number of carbonyl (C=O) groups is 1. The fourth-order valence-corrected chi connectivity index (χ4v) is 2.09. The third-order valence-corrected chi connectivity index (χ3v) is 3.19. The van der Waals surface area contributed by atoms with E-state index in [0.29, 0.717) is 15.6 Å². The number of phenols is 2. The lowest BCUT2D eigenvalue weighted by Gasteiger charge is -2.01. The number of phenolic OH excluding ortho intramolecular Hbond substituents is 2. The number of hydrogen-bond acceptors (Lipinski definition) is 3. The Kier molecular flexibility index (Phi) is 4.32. The Morgan fingerprint density at radius 1 is 1.05 bits per heavy atom. The van der Waals surface area contributed by atoms with Gasteiger partial charge >= 0.3 is 0 Å². The number of allylic oxidation sites excluding steroid dienone is 1. The topological polar surface area (TPSA) is 57.5 Å². The highest BCUT2D eigenvalue weighted by Crippen LogP contribution is 2.25. The minimum Gasteiger partial charge on any atom is -0.508 e. The molecule has 2 N–H and O–H groups in total. The van der Waals surface area contributed by atoms with Crippen LogP contribution in [0.15, 0.2) is 42.5 Å².